The van der Waals surface area contributed by atoms with Crippen LogP contribution in [0, 0.1) is 0 Å². The van der Waals surface area contributed by atoms with E-state index in [2.05, 4.69) is 5.32 Å². The Balaban J connectivity index is 1.89. The van der Waals surface area contributed by atoms with Gasteiger partial charge < -0.3 is 10.1 Å². The average molecular weight is 383 g/mol. The summed E-state index contributed by atoms with van der Waals surface area (Å²) >= 11 is 0. The van der Waals surface area contributed by atoms with E-state index in [0.717, 1.165) is 37.9 Å². The smallest absolute Gasteiger partial charge is 0.225 e. The van der Waals surface area contributed by atoms with Crippen molar-refractivity contribution in [2.75, 3.05) is 18.1 Å². The van der Waals surface area contributed by atoms with Gasteiger partial charge in [-0.25, -0.2) is 8.42 Å². The zero-order valence-corrected chi connectivity index (χ0v) is 16.7. The minimum Gasteiger partial charge on any atom is -0.491 e. The van der Waals surface area contributed by atoms with Crippen molar-refractivity contribution in [3.63, 3.8) is 0 Å². The molecule has 0 heterocycles. The molecule has 0 radical (unpaired) electrons. The van der Waals surface area contributed by atoms with E-state index < -0.39 is 10.0 Å². The summed E-state index contributed by atoms with van der Waals surface area (Å²) in [7, 11) is -3.31. The van der Waals surface area contributed by atoms with Gasteiger partial charge in [0, 0.05) is 24.7 Å². The number of hydrogen-bond acceptors (Lipinski definition) is 4. The second kappa shape index (κ2) is 9.37. The van der Waals surface area contributed by atoms with Gasteiger partial charge in [-0.2, -0.15) is 4.31 Å². The Bertz CT molecular complexity index is 680. The number of rotatable bonds is 8. The summed E-state index contributed by atoms with van der Waals surface area (Å²) < 4.78 is 31.3. The molecule has 1 aliphatic rings. The van der Waals surface area contributed by atoms with E-state index >= 15 is 0 Å². The van der Waals surface area contributed by atoms with Crippen LogP contribution in [0.4, 0.5) is 5.69 Å². The normalized spacial score (nSPS) is 16.0. The highest BCUT2D eigenvalue weighted by atomic mass is 32.2. The van der Waals surface area contributed by atoms with Crippen LogP contribution in [0.1, 0.15) is 52.4 Å². The molecule has 0 atom stereocenters. The summed E-state index contributed by atoms with van der Waals surface area (Å²) in [5.41, 5.74) is 0.676. The number of carbonyl (C=O) groups excluding carboxylic acids is 1. The first-order valence-electron chi connectivity index (χ1n) is 9.29. The minimum atomic E-state index is -3.31. The van der Waals surface area contributed by atoms with E-state index in [0.29, 0.717) is 5.69 Å². The van der Waals surface area contributed by atoms with Crippen LogP contribution in [0.2, 0.25) is 0 Å². The van der Waals surface area contributed by atoms with Gasteiger partial charge in [-0.3, -0.25) is 4.79 Å². The lowest BCUT2D eigenvalue weighted by Gasteiger charge is -2.32. The van der Waals surface area contributed by atoms with Gasteiger partial charge in [0.05, 0.1) is 12.4 Å². The molecular formula is C19H30N2O4S. The SMILES string of the molecule is CC(C)Oc1ccc(NC(=O)CCN(C2CCCCC2)S(C)(=O)=O)cc1. The Kier molecular flexibility index (Phi) is 7.46. The maximum absolute atomic E-state index is 12.2. The number of hydrogen-bond donors (Lipinski definition) is 1. The van der Waals surface area contributed by atoms with Gasteiger partial charge >= 0.3 is 0 Å². The number of nitrogens with zero attached hydrogens (tertiary/aromatic N) is 1. The highest BCUT2D eigenvalue weighted by Crippen LogP contribution is 2.24. The van der Waals surface area contributed by atoms with Gasteiger partial charge in [0.15, 0.2) is 0 Å². The van der Waals surface area contributed by atoms with Crippen LogP contribution in [-0.4, -0.2) is 43.6 Å². The second-order valence-electron chi connectivity index (χ2n) is 7.15. The van der Waals surface area contributed by atoms with Crippen LogP contribution in [0.5, 0.6) is 5.75 Å². The van der Waals surface area contributed by atoms with Crippen molar-refractivity contribution in [2.24, 2.45) is 0 Å². The molecule has 0 bridgehead atoms. The van der Waals surface area contributed by atoms with Crippen molar-refractivity contribution in [1.82, 2.24) is 4.31 Å². The van der Waals surface area contributed by atoms with E-state index in [1.54, 1.807) is 24.3 Å². The van der Waals surface area contributed by atoms with Gasteiger partial charge in [0.25, 0.3) is 0 Å². The predicted octanol–water partition coefficient (Wildman–Crippen LogP) is 3.40. The molecule has 1 aliphatic carbocycles. The number of nitrogens with one attached hydrogen (secondary N) is 1. The van der Waals surface area contributed by atoms with Crippen molar-refractivity contribution < 1.29 is 17.9 Å². The fraction of sp³-hybridized carbons (Fsp3) is 0.632. The topological polar surface area (TPSA) is 75.7 Å². The van der Waals surface area contributed by atoms with E-state index in [1.165, 1.54) is 10.6 Å². The third-order valence-corrected chi connectivity index (χ3v) is 5.81. The lowest BCUT2D eigenvalue weighted by atomic mass is 9.95. The largest absolute Gasteiger partial charge is 0.491 e. The van der Waals surface area contributed by atoms with Gasteiger partial charge in [-0.1, -0.05) is 19.3 Å². The monoisotopic (exact) mass is 382 g/mol. The lowest BCUT2D eigenvalue weighted by molar-refractivity contribution is -0.116. The van der Waals surface area contributed by atoms with Crippen molar-refractivity contribution in [1.29, 1.82) is 0 Å². The number of benzene rings is 1. The van der Waals surface area contributed by atoms with Crippen LogP contribution in [0.25, 0.3) is 0 Å². The van der Waals surface area contributed by atoms with E-state index in [1.807, 2.05) is 13.8 Å². The summed E-state index contributed by atoms with van der Waals surface area (Å²) in [5.74, 6) is 0.561. The number of anilines is 1. The van der Waals surface area contributed by atoms with E-state index in [4.69, 9.17) is 4.74 Å². The Morgan fingerprint density at radius 2 is 1.81 bits per heavy atom. The molecule has 0 unspecified atom stereocenters. The lowest BCUT2D eigenvalue weighted by Crippen LogP contribution is -2.42. The molecule has 26 heavy (non-hydrogen) atoms. The molecule has 0 aromatic heterocycles. The molecule has 2 rings (SSSR count). The standard InChI is InChI=1S/C19H30N2O4S/c1-15(2)25-18-11-9-16(10-12-18)20-19(22)13-14-21(26(3,23)24)17-7-5-4-6-8-17/h9-12,15,17H,4-8,13-14H2,1-3H3,(H,20,22). The molecule has 1 amide bonds. The van der Waals surface area contributed by atoms with Crippen LogP contribution in [0.15, 0.2) is 24.3 Å². The van der Waals surface area contributed by atoms with Gasteiger partial charge in [0.2, 0.25) is 15.9 Å². The molecule has 7 heteroatoms. The number of carbonyl (C=O) groups is 1. The molecule has 0 aliphatic heterocycles. The first-order valence-corrected chi connectivity index (χ1v) is 11.1. The van der Waals surface area contributed by atoms with E-state index in [-0.39, 0.29) is 31.0 Å². The summed E-state index contributed by atoms with van der Waals surface area (Å²) in [6.45, 7) is 4.13. The Morgan fingerprint density at radius 1 is 1.19 bits per heavy atom. The molecular weight excluding hydrogens is 352 g/mol. The second-order valence-corrected chi connectivity index (χ2v) is 9.09. The first-order chi connectivity index (χ1) is 12.3. The molecule has 1 aromatic carbocycles. The summed E-state index contributed by atoms with van der Waals surface area (Å²) in [5, 5.41) is 2.82. The third-order valence-electron chi connectivity index (χ3n) is 4.48. The van der Waals surface area contributed by atoms with Crippen LogP contribution in [0.3, 0.4) is 0 Å². The first kappa shape index (κ1) is 20.7. The van der Waals surface area contributed by atoms with Gasteiger partial charge in [0.1, 0.15) is 5.75 Å². The molecule has 0 saturated heterocycles. The Hall–Kier alpha value is -1.60. The Labute approximate surface area is 157 Å². The van der Waals surface area contributed by atoms with Gasteiger partial charge in [-0.15, -0.1) is 0 Å². The zero-order valence-electron chi connectivity index (χ0n) is 15.9. The summed E-state index contributed by atoms with van der Waals surface area (Å²) in [6.07, 6.45) is 6.49. The average Bonchev–Trinajstić information content (AvgIpc) is 2.56. The number of sulfonamides is 1. The van der Waals surface area contributed by atoms with Crippen LogP contribution < -0.4 is 10.1 Å². The summed E-state index contributed by atoms with van der Waals surface area (Å²) in [6, 6.07) is 7.20. The molecule has 1 aromatic rings. The zero-order chi connectivity index (χ0) is 19.2. The van der Waals surface area contributed by atoms with Gasteiger partial charge in [-0.05, 0) is 51.0 Å². The maximum atomic E-state index is 12.2. The molecule has 1 fully saturated rings. The molecule has 1 N–H and O–H groups in total. The van der Waals surface area contributed by atoms with Crippen LogP contribution in [-0.2, 0) is 14.8 Å². The summed E-state index contributed by atoms with van der Waals surface area (Å²) in [4.78, 5) is 12.2. The highest BCUT2D eigenvalue weighted by molar-refractivity contribution is 7.88. The molecule has 146 valence electrons. The van der Waals surface area contributed by atoms with Crippen LogP contribution >= 0.6 is 0 Å². The highest BCUT2D eigenvalue weighted by Gasteiger charge is 2.28. The fourth-order valence-electron chi connectivity index (χ4n) is 3.31. The Morgan fingerprint density at radius 3 is 2.35 bits per heavy atom. The van der Waals surface area contributed by atoms with Crippen molar-refractivity contribution in [3.05, 3.63) is 24.3 Å². The quantitative estimate of drug-likeness (QED) is 0.748. The molecule has 6 nitrogen and oxygen atoms in total. The van der Waals surface area contributed by atoms with Crippen molar-refractivity contribution in [2.45, 2.75) is 64.5 Å². The number of ether oxygens (including phenoxy) is 1. The third kappa shape index (κ3) is 6.61. The van der Waals surface area contributed by atoms with Crippen molar-refractivity contribution >= 4 is 21.6 Å². The molecule has 0 spiro atoms. The minimum absolute atomic E-state index is 0.0269. The van der Waals surface area contributed by atoms with E-state index in [9.17, 15) is 13.2 Å². The maximum Gasteiger partial charge on any atom is 0.225 e. The van der Waals surface area contributed by atoms with Crippen molar-refractivity contribution in [3.8, 4) is 5.75 Å². The fourth-order valence-corrected chi connectivity index (χ4v) is 4.49. The predicted molar refractivity (Wildman–Crippen MR) is 104 cm³/mol. The number of amides is 1. The molecule has 1 saturated carbocycles.